The quantitative estimate of drug-likeness (QED) is 0.443. The zero-order valence-corrected chi connectivity index (χ0v) is 12.8. The van der Waals surface area contributed by atoms with Crippen molar-refractivity contribution in [3.63, 3.8) is 0 Å². The maximum absolute atomic E-state index is 11.5. The van der Waals surface area contributed by atoms with E-state index in [1.54, 1.807) is 0 Å². The predicted octanol–water partition coefficient (Wildman–Crippen LogP) is 2.74. The molecular weight excluding hydrogens is 272 g/mol. The summed E-state index contributed by atoms with van der Waals surface area (Å²) in [4.78, 5) is 22.7. The lowest BCUT2D eigenvalue weighted by atomic mass is 10.1. The minimum absolute atomic E-state index is 0.289. The minimum atomic E-state index is -0.670. The molecule has 1 atom stereocenters. The first-order valence-electron chi connectivity index (χ1n) is 8.21. The van der Waals surface area contributed by atoms with Crippen LogP contribution in [0.4, 0.5) is 0 Å². The molecule has 0 saturated carbocycles. The second kappa shape index (κ2) is 11.5. The van der Waals surface area contributed by atoms with Gasteiger partial charge < -0.3 is 14.6 Å². The van der Waals surface area contributed by atoms with Gasteiger partial charge in [-0.2, -0.15) is 0 Å². The first kappa shape index (κ1) is 18.0. The first-order chi connectivity index (χ1) is 10.2. The summed E-state index contributed by atoms with van der Waals surface area (Å²) in [5.74, 6) is -0.701. The summed E-state index contributed by atoms with van der Waals surface area (Å²) in [5.41, 5.74) is 0. The molecule has 0 aliphatic carbocycles. The molecule has 5 heteroatoms. The van der Waals surface area contributed by atoms with E-state index < -0.39 is 12.1 Å². The molecule has 0 amide bonds. The van der Waals surface area contributed by atoms with Gasteiger partial charge in [0.2, 0.25) is 6.10 Å². The maximum Gasteiger partial charge on any atom is 0.347 e. The van der Waals surface area contributed by atoms with Gasteiger partial charge in [-0.25, -0.2) is 4.79 Å². The fraction of sp³-hybridized carbons (Fsp3) is 0.875. The van der Waals surface area contributed by atoms with E-state index in [9.17, 15) is 9.59 Å². The summed E-state index contributed by atoms with van der Waals surface area (Å²) in [7, 11) is 0. The Balaban J connectivity index is 1.85. The van der Waals surface area contributed by atoms with Gasteiger partial charge in [-0.1, -0.05) is 44.9 Å². The summed E-state index contributed by atoms with van der Waals surface area (Å²) in [6.07, 6.45) is 10.1. The number of unbranched alkanes of at least 4 members (excludes halogenated alkanes) is 8. The zero-order valence-electron chi connectivity index (χ0n) is 12.8. The predicted molar refractivity (Wildman–Crippen MR) is 78.7 cm³/mol. The van der Waals surface area contributed by atoms with Gasteiger partial charge in [0.25, 0.3) is 0 Å². The molecule has 0 aromatic carbocycles. The van der Waals surface area contributed by atoms with Crippen LogP contribution < -0.4 is 0 Å². The number of ether oxygens (including phenoxy) is 2. The Morgan fingerprint density at radius 3 is 2.14 bits per heavy atom. The van der Waals surface area contributed by atoms with Crippen molar-refractivity contribution in [1.82, 2.24) is 0 Å². The van der Waals surface area contributed by atoms with Gasteiger partial charge in [-0.05, 0) is 12.8 Å². The topological polar surface area (TPSA) is 72.8 Å². The van der Waals surface area contributed by atoms with Crippen LogP contribution in [-0.4, -0.2) is 36.4 Å². The highest BCUT2D eigenvalue weighted by Gasteiger charge is 2.29. The SMILES string of the molecule is O=C(CCCCCCCCCCCO)OC1CCOC1=O. The van der Waals surface area contributed by atoms with E-state index in [4.69, 9.17) is 14.6 Å². The molecule has 21 heavy (non-hydrogen) atoms. The smallest absolute Gasteiger partial charge is 0.347 e. The van der Waals surface area contributed by atoms with Crippen molar-refractivity contribution in [1.29, 1.82) is 0 Å². The van der Waals surface area contributed by atoms with E-state index in [2.05, 4.69) is 0 Å². The third-order valence-corrected chi connectivity index (χ3v) is 3.70. The standard InChI is InChI=1S/C16H28O5/c17-12-9-7-5-3-1-2-4-6-8-10-15(18)21-14-11-13-20-16(14)19/h14,17H,1-13H2. The Morgan fingerprint density at radius 1 is 1.05 bits per heavy atom. The van der Waals surface area contributed by atoms with Gasteiger partial charge in [-0.3, -0.25) is 4.79 Å². The van der Waals surface area contributed by atoms with Crippen molar-refractivity contribution in [2.75, 3.05) is 13.2 Å². The average molecular weight is 300 g/mol. The first-order valence-corrected chi connectivity index (χ1v) is 8.21. The summed E-state index contributed by atoms with van der Waals surface area (Å²) in [5, 5.41) is 8.65. The maximum atomic E-state index is 11.5. The van der Waals surface area contributed by atoms with Crippen LogP contribution in [0.5, 0.6) is 0 Å². The molecule has 1 unspecified atom stereocenters. The molecule has 1 heterocycles. The molecule has 0 aromatic rings. The third-order valence-electron chi connectivity index (χ3n) is 3.70. The Bertz CT molecular complexity index is 303. The van der Waals surface area contributed by atoms with E-state index >= 15 is 0 Å². The van der Waals surface area contributed by atoms with Crippen LogP contribution in [0.3, 0.4) is 0 Å². The third kappa shape index (κ3) is 8.71. The monoisotopic (exact) mass is 300 g/mol. The van der Waals surface area contributed by atoms with Gasteiger partial charge in [0.15, 0.2) is 0 Å². The van der Waals surface area contributed by atoms with Crippen molar-refractivity contribution < 1.29 is 24.2 Å². The normalized spacial score (nSPS) is 17.8. The highest BCUT2D eigenvalue weighted by molar-refractivity contribution is 5.80. The van der Waals surface area contributed by atoms with Crippen LogP contribution in [-0.2, 0) is 19.1 Å². The molecule has 0 aromatic heterocycles. The number of aliphatic hydroxyl groups excluding tert-OH is 1. The van der Waals surface area contributed by atoms with Crippen molar-refractivity contribution in [3.8, 4) is 0 Å². The van der Waals surface area contributed by atoms with Crippen molar-refractivity contribution in [2.45, 2.75) is 76.7 Å². The van der Waals surface area contributed by atoms with Crippen molar-refractivity contribution in [3.05, 3.63) is 0 Å². The zero-order chi connectivity index (χ0) is 15.3. The molecule has 1 saturated heterocycles. The number of esters is 2. The molecule has 1 aliphatic rings. The molecule has 0 bridgehead atoms. The van der Waals surface area contributed by atoms with Gasteiger partial charge in [-0.15, -0.1) is 0 Å². The van der Waals surface area contributed by atoms with Crippen molar-refractivity contribution >= 4 is 11.9 Å². The molecule has 1 rings (SSSR count). The number of carbonyl (C=O) groups excluding carboxylic acids is 2. The Kier molecular flexibility index (Phi) is 9.87. The Hall–Kier alpha value is -1.10. The molecule has 0 spiro atoms. The molecule has 1 fully saturated rings. The number of cyclic esters (lactones) is 1. The van der Waals surface area contributed by atoms with E-state index in [-0.39, 0.29) is 5.97 Å². The second-order valence-corrected chi connectivity index (χ2v) is 5.59. The van der Waals surface area contributed by atoms with Gasteiger partial charge in [0, 0.05) is 19.4 Å². The van der Waals surface area contributed by atoms with Crippen LogP contribution in [0.2, 0.25) is 0 Å². The average Bonchev–Trinajstić information content (AvgIpc) is 2.86. The van der Waals surface area contributed by atoms with Crippen LogP contribution in [0.25, 0.3) is 0 Å². The molecule has 0 radical (unpaired) electrons. The largest absolute Gasteiger partial charge is 0.463 e. The lowest BCUT2D eigenvalue weighted by Gasteiger charge is -2.08. The van der Waals surface area contributed by atoms with Crippen molar-refractivity contribution in [2.24, 2.45) is 0 Å². The lowest BCUT2D eigenvalue weighted by Crippen LogP contribution is -2.22. The van der Waals surface area contributed by atoms with Crippen LogP contribution >= 0.6 is 0 Å². The van der Waals surface area contributed by atoms with Gasteiger partial charge >= 0.3 is 11.9 Å². The van der Waals surface area contributed by atoms with Gasteiger partial charge in [0.05, 0.1) is 6.61 Å². The van der Waals surface area contributed by atoms with E-state index in [0.29, 0.717) is 26.1 Å². The Morgan fingerprint density at radius 2 is 1.62 bits per heavy atom. The minimum Gasteiger partial charge on any atom is -0.463 e. The summed E-state index contributed by atoms with van der Waals surface area (Å²) >= 11 is 0. The van der Waals surface area contributed by atoms with E-state index in [1.165, 1.54) is 25.7 Å². The number of hydrogen-bond acceptors (Lipinski definition) is 5. The molecule has 1 N–H and O–H groups in total. The summed E-state index contributed by atoms with van der Waals surface area (Å²) < 4.78 is 9.81. The van der Waals surface area contributed by atoms with E-state index in [1.807, 2.05) is 0 Å². The van der Waals surface area contributed by atoms with Gasteiger partial charge in [0.1, 0.15) is 0 Å². The van der Waals surface area contributed by atoms with Crippen LogP contribution in [0, 0.1) is 0 Å². The number of rotatable bonds is 12. The molecule has 1 aliphatic heterocycles. The molecular formula is C16H28O5. The fourth-order valence-corrected chi connectivity index (χ4v) is 2.42. The lowest BCUT2D eigenvalue weighted by molar-refractivity contribution is -0.160. The molecule has 122 valence electrons. The number of aliphatic hydroxyl groups is 1. The Labute approximate surface area is 127 Å². The number of hydrogen-bond donors (Lipinski definition) is 1. The van der Waals surface area contributed by atoms with Crippen LogP contribution in [0.15, 0.2) is 0 Å². The van der Waals surface area contributed by atoms with E-state index in [0.717, 1.165) is 32.1 Å². The number of carbonyl (C=O) groups is 2. The fourth-order valence-electron chi connectivity index (χ4n) is 2.42. The van der Waals surface area contributed by atoms with Crippen LogP contribution in [0.1, 0.15) is 70.6 Å². The molecule has 5 nitrogen and oxygen atoms in total. The highest BCUT2D eigenvalue weighted by Crippen LogP contribution is 2.13. The second-order valence-electron chi connectivity index (χ2n) is 5.59. The summed E-state index contributed by atoms with van der Waals surface area (Å²) in [6.45, 7) is 0.657. The summed E-state index contributed by atoms with van der Waals surface area (Å²) in [6, 6.07) is 0. The highest BCUT2D eigenvalue weighted by atomic mass is 16.6.